The second-order valence-electron chi connectivity index (χ2n) is 4.70. The summed E-state index contributed by atoms with van der Waals surface area (Å²) in [7, 11) is 0. The maximum absolute atomic E-state index is 11.6. The standard InChI is InChI=1S/C15H24N2O2.ClH/c1-3-19-11-14-7-5-4-6-13(14)10-17-15(18)9-8-12(2)16;/h4-7,12H,3,8-11,16H2,1-2H3,(H,17,18);1H. The molecule has 1 unspecified atom stereocenters. The van der Waals surface area contributed by atoms with Crippen LogP contribution in [-0.2, 0) is 22.7 Å². The van der Waals surface area contributed by atoms with E-state index in [1.807, 2.05) is 38.1 Å². The van der Waals surface area contributed by atoms with E-state index in [4.69, 9.17) is 10.5 Å². The van der Waals surface area contributed by atoms with Crippen LogP contribution < -0.4 is 11.1 Å². The van der Waals surface area contributed by atoms with Crippen molar-refractivity contribution in [3.8, 4) is 0 Å². The van der Waals surface area contributed by atoms with E-state index < -0.39 is 0 Å². The van der Waals surface area contributed by atoms with Gasteiger partial charge >= 0.3 is 0 Å². The van der Waals surface area contributed by atoms with Crippen LogP contribution in [0, 0.1) is 0 Å². The molecule has 0 saturated heterocycles. The minimum absolute atomic E-state index is 0. The molecule has 0 fully saturated rings. The number of carbonyl (C=O) groups excluding carboxylic acids is 1. The topological polar surface area (TPSA) is 64.3 Å². The van der Waals surface area contributed by atoms with E-state index in [1.165, 1.54) is 0 Å². The summed E-state index contributed by atoms with van der Waals surface area (Å²) in [5, 5.41) is 2.92. The van der Waals surface area contributed by atoms with Crippen molar-refractivity contribution in [3.63, 3.8) is 0 Å². The second kappa shape index (κ2) is 10.7. The minimum Gasteiger partial charge on any atom is -0.377 e. The first-order valence-corrected chi connectivity index (χ1v) is 6.80. The number of amides is 1. The zero-order valence-corrected chi connectivity index (χ0v) is 13.0. The highest BCUT2D eigenvalue weighted by Gasteiger charge is 2.06. The molecule has 0 heterocycles. The van der Waals surface area contributed by atoms with Crippen LogP contribution in [0.4, 0.5) is 0 Å². The molecule has 20 heavy (non-hydrogen) atoms. The predicted octanol–water partition coefficient (Wildman–Crippen LogP) is 2.39. The van der Waals surface area contributed by atoms with Gasteiger partial charge in [0.2, 0.25) is 5.91 Å². The van der Waals surface area contributed by atoms with Crippen molar-refractivity contribution in [2.45, 2.75) is 45.9 Å². The molecule has 5 heteroatoms. The fraction of sp³-hybridized carbons (Fsp3) is 0.533. The summed E-state index contributed by atoms with van der Waals surface area (Å²) in [6.45, 7) is 5.70. The molecular weight excluding hydrogens is 276 g/mol. The van der Waals surface area contributed by atoms with Crippen LogP contribution in [0.15, 0.2) is 24.3 Å². The molecule has 0 aliphatic heterocycles. The molecule has 114 valence electrons. The monoisotopic (exact) mass is 300 g/mol. The highest BCUT2D eigenvalue weighted by molar-refractivity contribution is 5.85. The van der Waals surface area contributed by atoms with Gasteiger partial charge in [0, 0.05) is 25.6 Å². The van der Waals surface area contributed by atoms with Gasteiger partial charge in [0.05, 0.1) is 6.61 Å². The Morgan fingerprint density at radius 3 is 2.60 bits per heavy atom. The van der Waals surface area contributed by atoms with E-state index in [0.29, 0.717) is 32.6 Å². The van der Waals surface area contributed by atoms with Crippen LogP contribution in [0.5, 0.6) is 0 Å². The van der Waals surface area contributed by atoms with Crippen LogP contribution >= 0.6 is 12.4 Å². The molecule has 1 amide bonds. The van der Waals surface area contributed by atoms with Gasteiger partial charge in [-0.1, -0.05) is 24.3 Å². The highest BCUT2D eigenvalue weighted by Crippen LogP contribution is 2.10. The number of nitrogens with one attached hydrogen (secondary N) is 1. The first kappa shape index (κ1) is 18.9. The molecule has 4 nitrogen and oxygen atoms in total. The van der Waals surface area contributed by atoms with Crippen LogP contribution in [0.25, 0.3) is 0 Å². The van der Waals surface area contributed by atoms with Gasteiger partial charge in [-0.25, -0.2) is 0 Å². The van der Waals surface area contributed by atoms with Crippen molar-refractivity contribution in [1.29, 1.82) is 0 Å². The molecule has 0 spiro atoms. The van der Waals surface area contributed by atoms with E-state index in [2.05, 4.69) is 5.32 Å². The number of nitrogens with two attached hydrogens (primary N) is 1. The maximum atomic E-state index is 11.6. The third kappa shape index (κ3) is 7.48. The Morgan fingerprint density at radius 2 is 2.00 bits per heavy atom. The molecule has 3 N–H and O–H groups in total. The number of carbonyl (C=O) groups is 1. The first-order valence-electron chi connectivity index (χ1n) is 6.80. The van der Waals surface area contributed by atoms with E-state index >= 15 is 0 Å². The van der Waals surface area contributed by atoms with Crippen LogP contribution in [0.1, 0.15) is 37.8 Å². The van der Waals surface area contributed by atoms with Gasteiger partial charge < -0.3 is 15.8 Å². The normalized spacial score (nSPS) is 11.6. The van der Waals surface area contributed by atoms with Crippen molar-refractivity contribution >= 4 is 18.3 Å². The van der Waals surface area contributed by atoms with Gasteiger partial charge in [-0.2, -0.15) is 0 Å². The molecule has 0 aromatic heterocycles. The molecule has 1 aromatic rings. The minimum atomic E-state index is 0. The zero-order chi connectivity index (χ0) is 14.1. The fourth-order valence-electron chi connectivity index (χ4n) is 1.72. The van der Waals surface area contributed by atoms with Crippen molar-refractivity contribution in [2.24, 2.45) is 5.73 Å². The van der Waals surface area contributed by atoms with E-state index in [-0.39, 0.29) is 24.4 Å². The molecule has 1 aromatic carbocycles. The number of benzene rings is 1. The largest absolute Gasteiger partial charge is 0.377 e. The SMILES string of the molecule is CCOCc1ccccc1CNC(=O)CCC(C)N.Cl. The third-order valence-corrected chi connectivity index (χ3v) is 2.88. The van der Waals surface area contributed by atoms with Crippen molar-refractivity contribution in [2.75, 3.05) is 6.61 Å². The van der Waals surface area contributed by atoms with Crippen molar-refractivity contribution in [1.82, 2.24) is 5.32 Å². The lowest BCUT2D eigenvalue weighted by Crippen LogP contribution is -2.25. The van der Waals surface area contributed by atoms with E-state index in [9.17, 15) is 4.79 Å². The van der Waals surface area contributed by atoms with Gasteiger partial charge in [0.25, 0.3) is 0 Å². The highest BCUT2D eigenvalue weighted by atomic mass is 35.5. The van der Waals surface area contributed by atoms with Gasteiger partial charge in [-0.3, -0.25) is 4.79 Å². The number of ether oxygens (including phenoxy) is 1. The summed E-state index contributed by atoms with van der Waals surface area (Å²) in [6, 6.07) is 8.06. The van der Waals surface area contributed by atoms with Crippen LogP contribution in [0.2, 0.25) is 0 Å². The Kier molecular flexibility index (Phi) is 10.1. The summed E-state index contributed by atoms with van der Waals surface area (Å²) in [6.07, 6.45) is 1.19. The van der Waals surface area contributed by atoms with Crippen LogP contribution in [0.3, 0.4) is 0 Å². The lowest BCUT2D eigenvalue weighted by atomic mass is 10.1. The Hall–Kier alpha value is -1.10. The van der Waals surface area contributed by atoms with Gasteiger partial charge in [-0.05, 0) is 31.4 Å². The van der Waals surface area contributed by atoms with Crippen molar-refractivity contribution < 1.29 is 9.53 Å². The average molecular weight is 301 g/mol. The first-order chi connectivity index (χ1) is 9.13. The summed E-state index contributed by atoms with van der Waals surface area (Å²) in [4.78, 5) is 11.6. The summed E-state index contributed by atoms with van der Waals surface area (Å²) < 4.78 is 5.42. The summed E-state index contributed by atoms with van der Waals surface area (Å²) in [5.74, 6) is 0.0449. The van der Waals surface area contributed by atoms with E-state index in [0.717, 1.165) is 11.1 Å². The molecular formula is C15H25ClN2O2. The molecule has 0 aliphatic rings. The average Bonchev–Trinajstić information content (AvgIpc) is 2.41. The summed E-state index contributed by atoms with van der Waals surface area (Å²) >= 11 is 0. The Balaban J connectivity index is 0.00000361. The molecule has 1 atom stereocenters. The molecule has 0 saturated carbocycles. The number of rotatable bonds is 8. The predicted molar refractivity (Wildman–Crippen MR) is 83.8 cm³/mol. The zero-order valence-electron chi connectivity index (χ0n) is 12.2. The Morgan fingerprint density at radius 1 is 1.35 bits per heavy atom. The van der Waals surface area contributed by atoms with Gasteiger partial charge in [-0.15, -0.1) is 12.4 Å². The molecule has 0 radical (unpaired) electrons. The lowest BCUT2D eigenvalue weighted by molar-refractivity contribution is -0.121. The van der Waals surface area contributed by atoms with Gasteiger partial charge in [0.15, 0.2) is 0 Å². The maximum Gasteiger partial charge on any atom is 0.220 e. The number of hydrogen-bond acceptors (Lipinski definition) is 3. The number of hydrogen-bond donors (Lipinski definition) is 2. The van der Waals surface area contributed by atoms with E-state index in [1.54, 1.807) is 0 Å². The second-order valence-corrected chi connectivity index (χ2v) is 4.70. The fourth-order valence-corrected chi connectivity index (χ4v) is 1.72. The van der Waals surface area contributed by atoms with Crippen LogP contribution in [-0.4, -0.2) is 18.6 Å². The molecule has 1 rings (SSSR count). The third-order valence-electron chi connectivity index (χ3n) is 2.88. The number of halogens is 1. The molecule has 0 bridgehead atoms. The van der Waals surface area contributed by atoms with Crippen molar-refractivity contribution in [3.05, 3.63) is 35.4 Å². The Labute approximate surface area is 127 Å². The lowest BCUT2D eigenvalue weighted by Gasteiger charge is -2.11. The Bertz CT molecular complexity index is 397. The summed E-state index contributed by atoms with van der Waals surface area (Å²) in [5.41, 5.74) is 7.85. The quantitative estimate of drug-likeness (QED) is 0.775. The smallest absolute Gasteiger partial charge is 0.220 e. The molecule has 0 aliphatic carbocycles. The van der Waals surface area contributed by atoms with Gasteiger partial charge in [0.1, 0.15) is 0 Å².